The Morgan fingerprint density at radius 2 is 1.77 bits per heavy atom. The lowest BCUT2D eigenvalue weighted by atomic mass is 10.0. The van der Waals surface area contributed by atoms with Gasteiger partial charge in [-0.25, -0.2) is 13.1 Å². The summed E-state index contributed by atoms with van der Waals surface area (Å²) in [5.41, 5.74) is 2.49. The van der Waals surface area contributed by atoms with Gasteiger partial charge in [-0.05, 0) is 54.3 Å². The zero-order chi connectivity index (χ0) is 19.3. The Morgan fingerprint density at radius 1 is 1.12 bits per heavy atom. The predicted molar refractivity (Wildman–Crippen MR) is 102 cm³/mol. The van der Waals surface area contributed by atoms with E-state index in [0.29, 0.717) is 22.9 Å². The van der Waals surface area contributed by atoms with E-state index in [1.54, 1.807) is 25.1 Å². The van der Waals surface area contributed by atoms with Crippen molar-refractivity contribution < 1.29 is 17.9 Å². The van der Waals surface area contributed by atoms with Crippen LogP contribution in [0.25, 0.3) is 0 Å². The molecule has 0 atom stereocenters. The third kappa shape index (κ3) is 5.06. The average Bonchev–Trinajstić information content (AvgIpc) is 2.60. The van der Waals surface area contributed by atoms with Crippen molar-refractivity contribution in [1.82, 2.24) is 4.72 Å². The third-order valence-electron chi connectivity index (χ3n) is 3.96. The molecule has 0 saturated carbocycles. The number of ether oxygens (including phenoxy) is 1. The van der Waals surface area contributed by atoms with E-state index in [2.05, 4.69) is 23.9 Å². The summed E-state index contributed by atoms with van der Waals surface area (Å²) in [6.07, 6.45) is 0. The molecule has 2 N–H and O–H groups in total. The molecule has 0 saturated heterocycles. The number of amides is 1. The summed E-state index contributed by atoms with van der Waals surface area (Å²) >= 11 is 0. The lowest BCUT2D eigenvalue weighted by molar-refractivity contribution is -0.115. The van der Waals surface area contributed by atoms with Crippen LogP contribution in [0.4, 0.5) is 5.69 Å². The first-order valence-electron chi connectivity index (χ1n) is 8.27. The molecule has 6 nitrogen and oxygen atoms in total. The molecule has 0 aromatic heterocycles. The van der Waals surface area contributed by atoms with Gasteiger partial charge in [-0.3, -0.25) is 4.79 Å². The molecule has 0 spiro atoms. The van der Waals surface area contributed by atoms with Crippen LogP contribution in [0.15, 0.2) is 47.4 Å². The fourth-order valence-electron chi connectivity index (χ4n) is 2.42. The second kappa shape index (κ2) is 8.33. The Bertz CT molecular complexity index is 875. The second-order valence-corrected chi connectivity index (χ2v) is 8.05. The van der Waals surface area contributed by atoms with Crippen molar-refractivity contribution in [3.8, 4) is 5.75 Å². The van der Waals surface area contributed by atoms with E-state index in [4.69, 9.17) is 4.74 Å². The first-order chi connectivity index (χ1) is 12.2. The van der Waals surface area contributed by atoms with Gasteiger partial charge in [-0.1, -0.05) is 26.0 Å². The summed E-state index contributed by atoms with van der Waals surface area (Å²) in [5.74, 6) is 0.571. The van der Waals surface area contributed by atoms with Crippen LogP contribution in [-0.4, -0.2) is 28.0 Å². The van der Waals surface area contributed by atoms with E-state index in [-0.39, 0.29) is 11.4 Å². The summed E-state index contributed by atoms with van der Waals surface area (Å²) in [5, 5.41) is 2.68. The number of rotatable bonds is 7. The molecule has 2 rings (SSSR count). The third-order valence-corrected chi connectivity index (χ3v) is 5.36. The van der Waals surface area contributed by atoms with Crippen LogP contribution in [0.2, 0.25) is 0 Å². The number of nitrogens with one attached hydrogen (secondary N) is 2. The number of hydrogen-bond donors (Lipinski definition) is 2. The molecule has 0 aliphatic rings. The maximum Gasteiger partial charge on any atom is 0.241 e. The van der Waals surface area contributed by atoms with Gasteiger partial charge in [0.25, 0.3) is 0 Å². The number of sulfonamides is 1. The quantitative estimate of drug-likeness (QED) is 0.778. The van der Waals surface area contributed by atoms with Crippen LogP contribution in [0.5, 0.6) is 5.75 Å². The monoisotopic (exact) mass is 376 g/mol. The van der Waals surface area contributed by atoms with Crippen molar-refractivity contribution in [2.75, 3.05) is 19.0 Å². The van der Waals surface area contributed by atoms with Crippen molar-refractivity contribution in [3.05, 3.63) is 53.6 Å². The number of benzene rings is 2. The van der Waals surface area contributed by atoms with Gasteiger partial charge in [0, 0.05) is 5.69 Å². The fraction of sp³-hybridized carbons (Fsp3) is 0.316. The largest absolute Gasteiger partial charge is 0.496 e. The highest BCUT2D eigenvalue weighted by Gasteiger charge is 2.17. The summed E-state index contributed by atoms with van der Waals surface area (Å²) in [6.45, 7) is 5.58. The molecule has 2 aromatic carbocycles. The van der Waals surface area contributed by atoms with Crippen LogP contribution in [0.3, 0.4) is 0 Å². The number of aryl methyl sites for hydroxylation is 1. The van der Waals surface area contributed by atoms with E-state index in [1.807, 2.05) is 12.1 Å². The molecule has 0 bridgehead atoms. The topological polar surface area (TPSA) is 84.5 Å². The highest BCUT2D eigenvalue weighted by molar-refractivity contribution is 7.89. The van der Waals surface area contributed by atoms with Gasteiger partial charge in [0.05, 0.1) is 18.6 Å². The molecule has 0 fully saturated rings. The highest BCUT2D eigenvalue weighted by atomic mass is 32.2. The normalized spacial score (nSPS) is 11.4. The number of carbonyl (C=O) groups is 1. The van der Waals surface area contributed by atoms with E-state index in [9.17, 15) is 13.2 Å². The Balaban J connectivity index is 1.98. The highest BCUT2D eigenvalue weighted by Crippen LogP contribution is 2.21. The molecular formula is C19H24N2O4S. The average molecular weight is 376 g/mol. The summed E-state index contributed by atoms with van der Waals surface area (Å²) in [7, 11) is -2.26. The minimum absolute atomic E-state index is 0.0879. The van der Waals surface area contributed by atoms with E-state index in [0.717, 1.165) is 0 Å². The number of anilines is 1. The minimum Gasteiger partial charge on any atom is -0.496 e. The molecular weight excluding hydrogens is 352 g/mol. The van der Waals surface area contributed by atoms with Gasteiger partial charge in [-0.2, -0.15) is 0 Å². The number of hydrogen-bond acceptors (Lipinski definition) is 4. The Kier molecular flexibility index (Phi) is 6.39. The zero-order valence-electron chi connectivity index (χ0n) is 15.4. The smallest absolute Gasteiger partial charge is 0.241 e. The molecule has 7 heteroatoms. The lowest BCUT2D eigenvalue weighted by Crippen LogP contribution is -2.32. The molecule has 0 unspecified atom stereocenters. The van der Waals surface area contributed by atoms with Gasteiger partial charge in [0.1, 0.15) is 5.75 Å². The molecule has 0 heterocycles. The Labute approximate surface area is 154 Å². The maximum absolute atomic E-state index is 12.3. The molecule has 0 aliphatic heterocycles. The molecule has 1 amide bonds. The van der Waals surface area contributed by atoms with Gasteiger partial charge in [0.15, 0.2) is 0 Å². The van der Waals surface area contributed by atoms with Crippen LogP contribution in [0, 0.1) is 6.92 Å². The zero-order valence-corrected chi connectivity index (χ0v) is 16.2. The van der Waals surface area contributed by atoms with Crippen LogP contribution in [-0.2, 0) is 14.8 Å². The van der Waals surface area contributed by atoms with Gasteiger partial charge in [0.2, 0.25) is 15.9 Å². The minimum atomic E-state index is -3.78. The van der Waals surface area contributed by atoms with Crippen molar-refractivity contribution in [2.45, 2.75) is 31.6 Å². The fourth-order valence-corrected chi connectivity index (χ4v) is 3.49. The lowest BCUT2D eigenvalue weighted by Gasteiger charge is -2.11. The number of carbonyl (C=O) groups excluding carboxylic acids is 1. The molecule has 140 valence electrons. The molecule has 2 aromatic rings. The van der Waals surface area contributed by atoms with Gasteiger partial charge < -0.3 is 10.1 Å². The van der Waals surface area contributed by atoms with Crippen molar-refractivity contribution in [1.29, 1.82) is 0 Å². The van der Waals surface area contributed by atoms with E-state index in [1.165, 1.54) is 24.8 Å². The van der Waals surface area contributed by atoms with E-state index >= 15 is 0 Å². The predicted octanol–water partition coefficient (Wildman–Crippen LogP) is 3.04. The summed E-state index contributed by atoms with van der Waals surface area (Å²) < 4.78 is 32.1. The first-order valence-corrected chi connectivity index (χ1v) is 9.75. The maximum atomic E-state index is 12.3. The van der Waals surface area contributed by atoms with Crippen LogP contribution < -0.4 is 14.8 Å². The standard InChI is InChI=1S/C19H24N2O4S/c1-13(2)15-5-7-16(8-6-15)21-19(22)12-20-26(23,24)17-9-10-18(25-4)14(3)11-17/h5-11,13,20H,12H2,1-4H3,(H,21,22). The van der Waals surface area contributed by atoms with Gasteiger partial charge in [-0.15, -0.1) is 0 Å². The van der Waals surface area contributed by atoms with E-state index < -0.39 is 15.9 Å². The van der Waals surface area contributed by atoms with Crippen molar-refractivity contribution in [3.63, 3.8) is 0 Å². The first kappa shape index (κ1) is 19.9. The Hall–Kier alpha value is -2.38. The summed E-state index contributed by atoms with van der Waals surface area (Å²) in [6, 6.07) is 12.0. The second-order valence-electron chi connectivity index (χ2n) is 6.28. The Morgan fingerprint density at radius 3 is 2.31 bits per heavy atom. The molecule has 0 radical (unpaired) electrons. The molecule has 26 heavy (non-hydrogen) atoms. The SMILES string of the molecule is COc1ccc(S(=O)(=O)NCC(=O)Nc2ccc(C(C)C)cc2)cc1C. The van der Waals surface area contributed by atoms with Crippen LogP contribution in [0.1, 0.15) is 30.9 Å². The summed E-state index contributed by atoms with van der Waals surface area (Å²) in [4.78, 5) is 12.1. The van der Waals surface area contributed by atoms with Crippen LogP contribution >= 0.6 is 0 Å². The van der Waals surface area contributed by atoms with Gasteiger partial charge >= 0.3 is 0 Å². The van der Waals surface area contributed by atoms with Crippen molar-refractivity contribution >= 4 is 21.6 Å². The van der Waals surface area contributed by atoms with Crippen molar-refractivity contribution in [2.24, 2.45) is 0 Å². The number of methoxy groups -OCH3 is 1. The molecule has 0 aliphatic carbocycles.